The van der Waals surface area contributed by atoms with Gasteiger partial charge in [0.05, 0.1) is 0 Å². The standard InChI is InChI=1S/C6H6N3O3/c7-4(10)3-9-2-1-5(11)8-6(9)12/h1-2,7H,3H2,(H,8,11,12). The van der Waals surface area contributed by atoms with E-state index >= 15 is 0 Å². The van der Waals surface area contributed by atoms with E-state index in [0.717, 1.165) is 10.6 Å². The first kappa shape index (κ1) is 8.25. The molecular formula is C6H6N3O3. The van der Waals surface area contributed by atoms with Crippen LogP contribution in [0.25, 0.3) is 0 Å². The van der Waals surface area contributed by atoms with Gasteiger partial charge in [-0.1, -0.05) is 0 Å². The first-order chi connectivity index (χ1) is 5.59. The number of aromatic amines is 1. The van der Waals surface area contributed by atoms with Crippen LogP contribution < -0.4 is 17.0 Å². The average molecular weight is 168 g/mol. The van der Waals surface area contributed by atoms with Gasteiger partial charge in [0, 0.05) is 12.3 Å². The minimum Gasteiger partial charge on any atom is -0.291 e. The zero-order valence-corrected chi connectivity index (χ0v) is 6.03. The van der Waals surface area contributed by atoms with Crippen molar-refractivity contribution >= 4 is 5.91 Å². The van der Waals surface area contributed by atoms with Crippen LogP contribution in [-0.2, 0) is 11.3 Å². The molecule has 0 bridgehead atoms. The molecule has 0 aromatic carbocycles. The first-order valence-corrected chi connectivity index (χ1v) is 3.14. The summed E-state index contributed by atoms with van der Waals surface area (Å²) >= 11 is 0. The molecule has 1 rings (SSSR count). The third-order valence-electron chi connectivity index (χ3n) is 1.21. The monoisotopic (exact) mass is 168 g/mol. The number of hydrogen-bond donors (Lipinski definition) is 1. The second-order valence-corrected chi connectivity index (χ2v) is 2.16. The van der Waals surface area contributed by atoms with E-state index in [1.54, 1.807) is 0 Å². The van der Waals surface area contributed by atoms with Crippen LogP contribution in [0.2, 0.25) is 0 Å². The SMILES string of the molecule is [NH]C(=O)Cn1ccc(=O)[nH]c1=O. The maximum Gasteiger partial charge on any atom is 0.328 e. The van der Waals surface area contributed by atoms with Gasteiger partial charge in [-0.05, 0) is 0 Å². The molecule has 0 spiro atoms. The van der Waals surface area contributed by atoms with E-state index in [2.05, 4.69) is 0 Å². The van der Waals surface area contributed by atoms with Crippen LogP contribution in [0, 0.1) is 0 Å². The molecule has 1 heterocycles. The molecule has 6 heteroatoms. The molecule has 0 aliphatic carbocycles. The van der Waals surface area contributed by atoms with E-state index < -0.39 is 17.2 Å². The maximum atomic E-state index is 10.8. The van der Waals surface area contributed by atoms with Crippen molar-refractivity contribution in [3.05, 3.63) is 33.1 Å². The van der Waals surface area contributed by atoms with Crippen molar-refractivity contribution in [2.75, 3.05) is 0 Å². The third kappa shape index (κ3) is 1.82. The number of nitrogens with zero attached hydrogens (tertiary/aromatic N) is 1. The van der Waals surface area contributed by atoms with E-state index in [1.807, 2.05) is 4.98 Å². The minimum atomic E-state index is -0.885. The van der Waals surface area contributed by atoms with Crippen LogP contribution in [0.5, 0.6) is 0 Å². The number of carbonyl (C=O) groups is 1. The van der Waals surface area contributed by atoms with Gasteiger partial charge in [-0.2, -0.15) is 0 Å². The zero-order chi connectivity index (χ0) is 9.14. The summed E-state index contributed by atoms with van der Waals surface area (Å²) in [7, 11) is 0. The molecule has 1 amide bonds. The summed E-state index contributed by atoms with van der Waals surface area (Å²) in [6.07, 6.45) is 1.17. The van der Waals surface area contributed by atoms with Crippen LogP contribution in [0.4, 0.5) is 0 Å². The largest absolute Gasteiger partial charge is 0.328 e. The highest BCUT2D eigenvalue weighted by atomic mass is 16.2. The number of amides is 1. The van der Waals surface area contributed by atoms with E-state index in [-0.39, 0.29) is 6.54 Å². The lowest BCUT2D eigenvalue weighted by molar-refractivity contribution is -0.119. The Morgan fingerprint density at radius 3 is 2.75 bits per heavy atom. The Balaban J connectivity index is 3.10. The van der Waals surface area contributed by atoms with Crippen LogP contribution in [0.3, 0.4) is 0 Å². The number of aromatic nitrogens is 2. The Morgan fingerprint density at radius 1 is 1.58 bits per heavy atom. The summed E-state index contributed by atoms with van der Waals surface area (Å²) in [5, 5.41) is 0. The van der Waals surface area contributed by atoms with Gasteiger partial charge in [-0.3, -0.25) is 24.9 Å². The molecule has 2 N–H and O–H groups in total. The van der Waals surface area contributed by atoms with Crippen molar-refractivity contribution in [3.63, 3.8) is 0 Å². The summed E-state index contributed by atoms with van der Waals surface area (Å²) in [5.74, 6) is -0.885. The third-order valence-corrected chi connectivity index (χ3v) is 1.21. The molecule has 1 radical (unpaired) electrons. The number of carbonyl (C=O) groups excluding carboxylic acids is 1. The Labute approximate surface area is 66.6 Å². The second-order valence-electron chi connectivity index (χ2n) is 2.16. The van der Waals surface area contributed by atoms with Gasteiger partial charge in [-0.25, -0.2) is 4.79 Å². The molecule has 0 atom stereocenters. The van der Waals surface area contributed by atoms with E-state index in [1.165, 1.54) is 6.20 Å². The highest BCUT2D eigenvalue weighted by Gasteiger charge is 1.99. The molecule has 0 saturated heterocycles. The zero-order valence-electron chi connectivity index (χ0n) is 6.03. The highest BCUT2D eigenvalue weighted by molar-refractivity contribution is 5.72. The van der Waals surface area contributed by atoms with Crippen molar-refractivity contribution in [2.45, 2.75) is 6.54 Å². The number of H-pyrrole nitrogens is 1. The fourth-order valence-corrected chi connectivity index (χ4v) is 0.723. The van der Waals surface area contributed by atoms with Crippen LogP contribution in [0.15, 0.2) is 21.9 Å². The fraction of sp³-hybridized carbons (Fsp3) is 0.167. The van der Waals surface area contributed by atoms with Gasteiger partial charge in [0.25, 0.3) is 11.5 Å². The van der Waals surface area contributed by atoms with Gasteiger partial charge in [-0.15, -0.1) is 0 Å². The van der Waals surface area contributed by atoms with Crippen molar-refractivity contribution in [1.82, 2.24) is 15.3 Å². The quantitative estimate of drug-likeness (QED) is 0.572. The molecule has 0 saturated carbocycles. The molecule has 1 aromatic heterocycles. The van der Waals surface area contributed by atoms with E-state index in [0.29, 0.717) is 0 Å². The number of rotatable bonds is 2. The fourth-order valence-electron chi connectivity index (χ4n) is 0.723. The van der Waals surface area contributed by atoms with Gasteiger partial charge in [0.15, 0.2) is 0 Å². The molecule has 0 aliphatic rings. The lowest BCUT2D eigenvalue weighted by Gasteiger charge is -1.97. The van der Waals surface area contributed by atoms with Crippen molar-refractivity contribution in [1.29, 1.82) is 0 Å². The highest BCUT2D eigenvalue weighted by Crippen LogP contribution is 1.74. The average Bonchev–Trinajstić information content (AvgIpc) is 1.94. The number of hydrogen-bond acceptors (Lipinski definition) is 3. The van der Waals surface area contributed by atoms with Crippen LogP contribution >= 0.6 is 0 Å². The van der Waals surface area contributed by atoms with E-state index in [4.69, 9.17) is 5.73 Å². The van der Waals surface area contributed by atoms with Crippen LogP contribution in [0.1, 0.15) is 0 Å². The lowest BCUT2D eigenvalue weighted by Crippen LogP contribution is -2.30. The molecular weight excluding hydrogens is 162 g/mol. The summed E-state index contributed by atoms with van der Waals surface area (Å²) in [6, 6.07) is 1.12. The smallest absolute Gasteiger partial charge is 0.291 e. The molecule has 12 heavy (non-hydrogen) atoms. The number of nitrogens with one attached hydrogen (secondary N) is 2. The van der Waals surface area contributed by atoms with Crippen molar-refractivity contribution < 1.29 is 4.79 Å². The molecule has 0 unspecified atom stereocenters. The predicted molar refractivity (Wildman–Crippen MR) is 39.4 cm³/mol. The first-order valence-electron chi connectivity index (χ1n) is 3.14. The Morgan fingerprint density at radius 2 is 2.25 bits per heavy atom. The summed E-state index contributed by atoms with van der Waals surface area (Å²) in [6.45, 7) is -0.338. The summed E-state index contributed by atoms with van der Waals surface area (Å²) in [4.78, 5) is 33.6. The lowest BCUT2D eigenvalue weighted by atomic mass is 10.5. The predicted octanol–water partition coefficient (Wildman–Crippen LogP) is -1.65. The summed E-state index contributed by atoms with van der Waals surface area (Å²) in [5.41, 5.74) is 5.38. The van der Waals surface area contributed by atoms with Crippen LogP contribution in [-0.4, -0.2) is 15.5 Å². The Bertz CT molecular complexity index is 403. The molecule has 0 fully saturated rings. The molecule has 0 aliphatic heterocycles. The summed E-state index contributed by atoms with van der Waals surface area (Å²) < 4.78 is 0.955. The van der Waals surface area contributed by atoms with Gasteiger partial charge in [0.2, 0.25) is 0 Å². The minimum absolute atomic E-state index is 0.338. The maximum absolute atomic E-state index is 10.8. The van der Waals surface area contributed by atoms with Gasteiger partial charge < -0.3 is 0 Å². The van der Waals surface area contributed by atoms with E-state index in [9.17, 15) is 14.4 Å². The Kier molecular flexibility index (Phi) is 2.09. The van der Waals surface area contributed by atoms with Crippen molar-refractivity contribution in [3.8, 4) is 0 Å². The second kappa shape index (κ2) is 3.04. The normalized spacial score (nSPS) is 9.67. The van der Waals surface area contributed by atoms with Crippen molar-refractivity contribution in [2.24, 2.45) is 0 Å². The van der Waals surface area contributed by atoms with Gasteiger partial charge in [0.1, 0.15) is 6.54 Å². The molecule has 1 aromatic rings. The Hall–Kier alpha value is -1.85. The molecule has 6 nitrogen and oxygen atoms in total. The molecule has 63 valence electrons. The van der Waals surface area contributed by atoms with Gasteiger partial charge >= 0.3 is 5.69 Å². The topological polar surface area (TPSA) is 95.7 Å².